The van der Waals surface area contributed by atoms with Gasteiger partial charge in [-0.05, 0) is 24.5 Å². The molecule has 122 valence electrons. The lowest BCUT2D eigenvalue weighted by Gasteiger charge is -2.26. The average Bonchev–Trinajstić information content (AvgIpc) is 2.87. The molecule has 6 heteroatoms. The second-order valence-corrected chi connectivity index (χ2v) is 6.34. The Morgan fingerprint density at radius 3 is 2.78 bits per heavy atom. The maximum Gasteiger partial charge on any atom is 0.290 e. The highest BCUT2D eigenvalue weighted by atomic mass is 16.2. The van der Waals surface area contributed by atoms with Crippen LogP contribution in [-0.2, 0) is 0 Å². The zero-order valence-electron chi connectivity index (χ0n) is 13.8. The van der Waals surface area contributed by atoms with Gasteiger partial charge in [0.15, 0.2) is 0 Å². The van der Waals surface area contributed by atoms with Gasteiger partial charge >= 0.3 is 0 Å². The van der Waals surface area contributed by atoms with E-state index in [4.69, 9.17) is 0 Å². The Hall–Kier alpha value is -2.21. The van der Waals surface area contributed by atoms with Crippen molar-refractivity contribution in [2.45, 2.75) is 26.7 Å². The van der Waals surface area contributed by atoms with Gasteiger partial charge in [0.25, 0.3) is 5.91 Å². The number of carbonyl (C=O) groups excluding carboxylic acids is 1. The first kappa shape index (κ1) is 15.7. The topological polar surface area (TPSA) is 71.8 Å². The molecule has 1 aromatic carbocycles. The fraction of sp³-hybridized carbons (Fsp3) is 0.471. The first-order valence-electron chi connectivity index (χ1n) is 8.08. The summed E-state index contributed by atoms with van der Waals surface area (Å²) >= 11 is 0. The standard InChI is InChI=1S/C17H23N5O/c1-11(2)14-6-4-5-7-15(14)22-12(3)20-16(21-22)17(23)19-10-13-8-18-9-13/h4-7,11,13,18H,8-10H2,1-3H3,(H,19,23). The molecule has 1 aliphatic rings. The Labute approximate surface area is 136 Å². The summed E-state index contributed by atoms with van der Waals surface area (Å²) < 4.78 is 1.76. The fourth-order valence-corrected chi connectivity index (χ4v) is 2.69. The van der Waals surface area contributed by atoms with Gasteiger partial charge in [0.2, 0.25) is 5.82 Å². The lowest BCUT2D eigenvalue weighted by atomic mass is 10.0. The van der Waals surface area contributed by atoms with Crippen LogP contribution in [0.1, 0.15) is 41.8 Å². The van der Waals surface area contributed by atoms with Crippen LogP contribution in [0, 0.1) is 12.8 Å². The molecule has 2 N–H and O–H groups in total. The van der Waals surface area contributed by atoms with Crippen molar-refractivity contribution in [2.24, 2.45) is 5.92 Å². The van der Waals surface area contributed by atoms with Crippen molar-refractivity contribution in [1.82, 2.24) is 25.4 Å². The number of amides is 1. The summed E-state index contributed by atoms with van der Waals surface area (Å²) in [7, 11) is 0. The maximum absolute atomic E-state index is 12.2. The molecule has 0 spiro atoms. The molecule has 0 bridgehead atoms. The van der Waals surface area contributed by atoms with Crippen molar-refractivity contribution >= 4 is 5.91 Å². The quantitative estimate of drug-likeness (QED) is 0.880. The molecule has 2 heterocycles. The van der Waals surface area contributed by atoms with Crippen molar-refractivity contribution in [3.63, 3.8) is 0 Å². The van der Waals surface area contributed by atoms with E-state index in [1.165, 1.54) is 5.56 Å². The van der Waals surface area contributed by atoms with Gasteiger partial charge < -0.3 is 10.6 Å². The monoisotopic (exact) mass is 313 g/mol. The smallest absolute Gasteiger partial charge is 0.290 e. The van der Waals surface area contributed by atoms with Crippen LogP contribution in [-0.4, -0.2) is 40.3 Å². The lowest BCUT2D eigenvalue weighted by Crippen LogP contribution is -2.48. The summed E-state index contributed by atoms with van der Waals surface area (Å²) in [5.74, 6) is 1.63. The third-order valence-corrected chi connectivity index (χ3v) is 4.18. The normalized spacial score (nSPS) is 14.8. The van der Waals surface area contributed by atoms with E-state index >= 15 is 0 Å². The zero-order valence-corrected chi connectivity index (χ0v) is 13.8. The van der Waals surface area contributed by atoms with Crippen LogP contribution < -0.4 is 10.6 Å². The second kappa shape index (κ2) is 6.50. The SMILES string of the molecule is Cc1nc(C(=O)NCC2CNC2)nn1-c1ccccc1C(C)C. The molecule has 1 fully saturated rings. The Morgan fingerprint density at radius 2 is 2.13 bits per heavy atom. The van der Waals surface area contributed by atoms with E-state index in [2.05, 4.69) is 40.6 Å². The van der Waals surface area contributed by atoms with Gasteiger partial charge in [0.1, 0.15) is 5.82 Å². The first-order chi connectivity index (χ1) is 11.1. The van der Waals surface area contributed by atoms with Crippen LogP contribution in [0.25, 0.3) is 5.69 Å². The maximum atomic E-state index is 12.2. The summed E-state index contributed by atoms with van der Waals surface area (Å²) in [5, 5.41) is 10.5. The van der Waals surface area contributed by atoms with E-state index in [0.29, 0.717) is 24.2 Å². The first-order valence-corrected chi connectivity index (χ1v) is 8.08. The number of hydrogen-bond donors (Lipinski definition) is 2. The number of benzene rings is 1. The summed E-state index contributed by atoms with van der Waals surface area (Å²) in [5.41, 5.74) is 2.17. The second-order valence-electron chi connectivity index (χ2n) is 6.34. The van der Waals surface area contributed by atoms with Crippen LogP contribution in [0.4, 0.5) is 0 Å². The van der Waals surface area contributed by atoms with Gasteiger partial charge in [-0.25, -0.2) is 9.67 Å². The van der Waals surface area contributed by atoms with Gasteiger partial charge in [-0.3, -0.25) is 4.79 Å². The Kier molecular flexibility index (Phi) is 4.43. The van der Waals surface area contributed by atoms with Crippen LogP contribution in [0.15, 0.2) is 24.3 Å². The highest BCUT2D eigenvalue weighted by molar-refractivity contribution is 5.90. The number of hydrogen-bond acceptors (Lipinski definition) is 4. The molecule has 0 unspecified atom stereocenters. The van der Waals surface area contributed by atoms with E-state index in [0.717, 1.165) is 18.8 Å². The van der Waals surface area contributed by atoms with Gasteiger partial charge in [-0.15, -0.1) is 5.10 Å². The molecular weight excluding hydrogens is 290 g/mol. The molecule has 1 amide bonds. The average molecular weight is 313 g/mol. The van der Waals surface area contributed by atoms with E-state index in [9.17, 15) is 4.79 Å². The molecule has 6 nitrogen and oxygen atoms in total. The highest BCUT2D eigenvalue weighted by Gasteiger charge is 2.21. The number of aromatic nitrogens is 3. The van der Waals surface area contributed by atoms with Crippen molar-refractivity contribution in [3.8, 4) is 5.69 Å². The van der Waals surface area contributed by atoms with E-state index in [-0.39, 0.29) is 11.7 Å². The Balaban J connectivity index is 1.82. The molecule has 1 saturated heterocycles. The van der Waals surface area contributed by atoms with Crippen LogP contribution in [0.5, 0.6) is 0 Å². The van der Waals surface area contributed by atoms with Crippen LogP contribution in [0.3, 0.4) is 0 Å². The minimum Gasteiger partial charge on any atom is -0.349 e. The molecule has 3 rings (SSSR count). The van der Waals surface area contributed by atoms with E-state index in [1.807, 2.05) is 25.1 Å². The molecule has 0 radical (unpaired) electrons. The predicted molar refractivity (Wildman–Crippen MR) is 88.9 cm³/mol. The molecular formula is C17H23N5O. The van der Waals surface area contributed by atoms with E-state index < -0.39 is 0 Å². The molecule has 1 aromatic heterocycles. The third-order valence-electron chi connectivity index (χ3n) is 4.18. The van der Waals surface area contributed by atoms with Gasteiger partial charge in [-0.2, -0.15) is 0 Å². The molecule has 2 aromatic rings. The molecule has 0 aliphatic carbocycles. The fourth-order valence-electron chi connectivity index (χ4n) is 2.69. The highest BCUT2D eigenvalue weighted by Crippen LogP contribution is 2.23. The number of nitrogens with zero attached hydrogens (tertiary/aromatic N) is 3. The molecule has 23 heavy (non-hydrogen) atoms. The summed E-state index contributed by atoms with van der Waals surface area (Å²) in [6, 6.07) is 8.10. The van der Waals surface area contributed by atoms with Crippen LogP contribution in [0.2, 0.25) is 0 Å². The third kappa shape index (κ3) is 3.27. The number of para-hydroxylation sites is 1. The largest absolute Gasteiger partial charge is 0.349 e. The Bertz CT molecular complexity index is 703. The Morgan fingerprint density at radius 1 is 1.39 bits per heavy atom. The van der Waals surface area contributed by atoms with Gasteiger partial charge in [0, 0.05) is 25.6 Å². The summed E-state index contributed by atoms with van der Waals surface area (Å²) in [6.07, 6.45) is 0. The van der Waals surface area contributed by atoms with E-state index in [1.54, 1.807) is 4.68 Å². The molecule has 1 aliphatic heterocycles. The van der Waals surface area contributed by atoms with Crippen molar-refractivity contribution in [2.75, 3.05) is 19.6 Å². The number of nitrogens with one attached hydrogen (secondary N) is 2. The summed E-state index contributed by atoms with van der Waals surface area (Å²) in [6.45, 7) is 8.75. The van der Waals surface area contributed by atoms with Crippen molar-refractivity contribution < 1.29 is 4.79 Å². The molecule has 0 atom stereocenters. The van der Waals surface area contributed by atoms with Crippen molar-refractivity contribution in [3.05, 3.63) is 41.5 Å². The number of carbonyl (C=O) groups is 1. The minimum atomic E-state index is -0.208. The lowest BCUT2D eigenvalue weighted by molar-refractivity contribution is 0.0932. The van der Waals surface area contributed by atoms with Crippen LogP contribution >= 0.6 is 0 Å². The number of rotatable bonds is 5. The molecule has 0 saturated carbocycles. The zero-order chi connectivity index (χ0) is 16.4. The van der Waals surface area contributed by atoms with Gasteiger partial charge in [0.05, 0.1) is 5.69 Å². The number of aryl methyl sites for hydroxylation is 1. The minimum absolute atomic E-state index is 0.208. The van der Waals surface area contributed by atoms with Crippen molar-refractivity contribution in [1.29, 1.82) is 0 Å². The summed E-state index contributed by atoms with van der Waals surface area (Å²) in [4.78, 5) is 16.6. The van der Waals surface area contributed by atoms with Gasteiger partial charge in [-0.1, -0.05) is 32.0 Å². The predicted octanol–water partition coefficient (Wildman–Crippen LogP) is 1.65.